The van der Waals surface area contributed by atoms with Crippen LogP contribution in [0.4, 0.5) is 0 Å². The molecule has 0 saturated heterocycles. The van der Waals surface area contributed by atoms with E-state index in [9.17, 15) is 9.90 Å². The lowest BCUT2D eigenvalue weighted by molar-refractivity contribution is -0.131. The van der Waals surface area contributed by atoms with Gasteiger partial charge in [-0.25, -0.2) is 0 Å². The number of carbonyl (C=O) groups is 1. The van der Waals surface area contributed by atoms with Crippen molar-refractivity contribution in [2.24, 2.45) is 5.16 Å². The average Bonchev–Trinajstić information content (AvgIpc) is 2.46. The van der Waals surface area contributed by atoms with Gasteiger partial charge in [0.25, 0.3) is 0 Å². The van der Waals surface area contributed by atoms with E-state index < -0.39 is 0 Å². The molecule has 2 aromatic carbocycles. The summed E-state index contributed by atoms with van der Waals surface area (Å²) in [5.41, 5.74) is 1.53. The number of phenolic OH excluding ortho intramolecular Hbond substituents is 1. The monoisotopic (exact) mass is 285 g/mol. The highest BCUT2D eigenvalue weighted by atomic mass is 16.6. The zero-order valence-corrected chi connectivity index (χ0v) is 11.7. The molecule has 2 aromatic rings. The molecule has 1 N–H and O–H groups in total. The van der Waals surface area contributed by atoms with Gasteiger partial charge >= 0.3 is 5.97 Å². The number of benzene rings is 2. The fraction of sp³-hybridized carbons (Fsp3) is 0.125. The lowest BCUT2D eigenvalue weighted by Gasteiger charge is -2.04. The summed E-state index contributed by atoms with van der Waals surface area (Å²) < 4.78 is 4.92. The van der Waals surface area contributed by atoms with Crippen molar-refractivity contribution >= 4 is 11.7 Å². The highest BCUT2D eigenvalue weighted by Crippen LogP contribution is 2.18. The quantitative estimate of drug-likeness (QED) is 0.405. The average molecular weight is 285 g/mol. The summed E-state index contributed by atoms with van der Waals surface area (Å²) in [5.74, 6) is 0.816. The number of oxime groups is 1. The smallest absolute Gasteiger partial charge is 0.308 e. The maximum atomic E-state index is 10.8. The predicted octanol–water partition coefficient (Wildman–Crippen LogP) is 3.12. The van der Waals surface area contributed by atoms with Gasteiger partial charge in [-0.2, -0.15) is 0 Å². The molecule has 2 rings (SSSR count). The van der Waals surface area contributed by atoms with E-state index in [4.69, 9.17) is 9.57 Å². The van der Waals surface area contributed by atoms with Crippen LogP contribution in [-0.4, -0.2) is 16.8 Å². The van der Waals surface area contributed by atoms with Crippen LogP contribution in [0.25, 0.3) is 0 Å². The van der Waals surface area contributed by atoms with Crippen molar-refractivity contribution in [2.45, 2.75) is 13.8 Å². The number of nitrogens with zero attached hydrogens (tertiary/aromatic N) is 1. The Labute approximate surface area is 122 Å². The van der Waals surface area contributed by atoms with Gasteiger partial charge in [-0.15, -0.1) is 0 Å². The molecule has 0 aliphatic heterocycles. The first-order valence-corrected chi connectivity index (χ1v) is 6.34. The molecule has 0 spiro atoms. The number of rotatable bonds is 4. The van der Waals surface area contributed by atoms with E-state index in [0.717, 1.165) is 5.56 Å². The third-order valence-electron chi connectivity index (χ3n) is 2.66. The molecule has 108 valence electrons. The summed E-state index contributed by atoms with van der Waals surface area (Å²) in [5, 5.41) is 13.2. The van der Waals surface area contributed by atoms with E-state index in [1.807, 2.05) is 0 Å². The van der Waals surface area contributed by atoms with Crippen LogP contribution in [0.5, 0.6) is 17.2 Å². The highest BCUT2D eigenvalue weighted by Gasteiger charge is 2.01. The van der Waals surface area contributed by atoms with Crippen molar-refractivity contribution in [2.75, 3.05) is 0 Å². The molecule has 0 fully saturated rings. The molecule has 0 aliphatic rings. The van der Waals surface area contributed by atoms with Crippen LogP contribution < -0.4 is 9.57 Å². The second kappa shape index (κ2) is 6.56. The Balaban J connectivity index is 2.02. The van der Waals surface area contributed by atoms with E-state index >= 15 is 0 Å². The Bertz CT molecular complexity index is 645. The maximum Gasteiger partial charge on any atom is 0.308 e. The highest BCUT2D eigenvalue weighted by molar-refractivity contribution is 5.98. The SMILES string of the molecule is CC(=O)Oc1ccc(O/N=C(\C)c2ccc(O)cc2)cc1. The minimum absolute atomic E-state index is 0.202. The van der Waals surface area contributed by atoms with Gasteiger partial charge in [-0.1, -0.05) is 5.16 Å². The van der Waals surface area contributed by atoms with Gasteiger partial charge in [0.1, 0.15) is 11.5 Å². The number of hydrogen-bond acceptors (Lipinski definition) is 5. The number of carbonyl (C=O) groups excluding carboxylic acids is 1. The second-order valence-corrected chi connectivity index (χ2v) is 4.38. The zero-order valence-electron chi connectivity index (χ0n) is 11.7. The summed E-state index contributed by atoms with van der Waals surface area (Å²) in [6.45, 7) is 3.15. The molecule has 0 heterocycles. The van der Waals surface area contributed by atoms with Crippen LogP contribution in [0.2, 0.25) is 0 Å². The summed E-state index contributed by atoms with van der Waals surface area (Å²) in [6, 6.07) is 13.2. The van der Waals surface area contributed by atoms with Crippen LogP contribution in [0, 0.1) is 0 Å². The minimum Gasteiger partial charge on any atom is -0.508 e. The molecular weight excluding hydrogens is 270 g/mol. The first kappa shape index (κ1) is 14.6. The molecular formula is C16H15NO4. The van der Waals surface area contributed by atoms with Gasteiger partial charge in [0, 0.05) is 6.92 Å². The molecule has 0 saturated carbocycles. The molecule has 0 bridgehead atoms. The lowest BCUT2D eigenvalue weighted by Crippen LogP contribution is -2.01. The Kier molecular flexibility index (Phi) is 4.56. The number of ether oxygens (including phenoxy) is 1. The van der Waals surface area contributed by atoms with Gasteiger partial charge in [0.15, 0.2) is 5.75 Å². The lowest BCUT2D eigenvalue weighted by atomic mass is 10.1. The Morgan fingerprint density at radius 1 is 0.952 bits per heavy atom. The van der Waals surface area contributed by atoms with Crippen LogP contribution in [0.3, 0.4) is 0 Å². The van der Waals surface area contributed by atoms with Crippen LogP contribution in [-0.2, 0) is 4.79 Å². The van der Waals surface area contributed by atoms with Crippen LogP contribution >= 0.6 is 0 Å². The first-order chi connectivity index (χ1) is 10.0. The summed E-state index contributed by atoms with van der Waals surface area (Å²) in [6.07, 6.45) is 0. The number of esters is 1. The molecule has 0 atom stereocenters. The van der Waals surface area contributed by atoms with Gasteiger partial charge in [0.2, 0.25) is 0 Å². The molecule has 5 nitrogen and oxygen atoms in total. The fourth-order valence-electron chi connectivity index (χ4n) is 1.61. The predicted molar refractivity (Wildman–Crippen MR) is 78.7 cm³/mol. The minimum atomic E-state index is -0.370. The van der Waals surface area contributed by atoms with Gasteiger partial charge in [-0.3, -0.25) is 4.79 Å². The third-order valence-corrected chi connectivity index (χ3v) is 2.66. The van der Waals surface area contributed by atoms with Gasteiger partial charge < -0.3 is 14.7 Å². The summed E-state index contributed by atoms with van der Waals surface area (Å²) >= 11 is 0. The fourth-order valence-corrected chi connectivity index (χ4v) is 1.61. The van der Waals surface area contributed by atoms with Gasteiger partial charge in [-0.05, 0) is 61.0 Å². The van der Waals surface area contributed by atoms with Crippen molar-refractivity contribution in [3.05, 3.63) is 54.1 Å². The molecule has 0 unspecified atom stereocenters. The normalized spacial score (nSPS) is 11.0. The van der Waals surface area contributed by atoms with E-state index in [-0.39, 0.29) is 11.7 Å². The maximum absolute atomic E-state index is 10.8. The van der Waals surface area contributed by atoms with Crippen molar-refractivity contribution < 1.29 is 19.5 Å². The molecule has 0 aromatic heterocycles. The Hall–Kier alpha value is -2.82. The first-order valence-electron chi connectivity index (χ1n) is 6.34. The summed E-state index contributed by atoms with van der Waals surface area (Å²) in [4.78, 5) is 16.1. The van der Waals surface area contributed by atoms with Crippen molar-refractivity contribution in [3.63, 3.8) is 0 Å². The largest absolute Gasteiger partial charge is 0.508 e. The topological polar surface area (TPSA) is 68.1 Å². The standard InChI is InChI=1S/C16H15NO4/c1-11(13-3-5-14(19)6-4-13)17-21-16-9-7-15(8-10-16)20-12(2)18/h3-10,19H,1-2H3/b17-11+. The van der Waals surface area contributed by atoms with E-state index in [2.05, 4.69) is 5.16 Å². The Morgan fingerprint density at radius 3 is 2.10 bits per heavy atom. The second-order valence-electron chi connectivity index (χ2n) is 4.38. The van der Waals surface area contributed by atoms with E-state index in [1.165, 1.54) is 6.92 Å². The summed E-state index contributed by atoms with van der Waals surface area (Å²) in [7, 11) is 0. The molecule has 21 heavy (non-hydrogen) atoms. The number of phenols is 1. The zero-order chi connectivity index (χ0) is 15.2. The number of aromatic hydroxyl groups is 1. The third kappa shape index (κ3) is 4.35. The van der Waals surface area contributed by atoms with Crippen molar-refractivity contribution in [3.8, 4) is 17.2 Å². The molecule has 0 aliphatic carbocycles. The van der Waals surface area contributed by atoms with E-state index in [1.54, 1.807) is 55.5 Å². The Morgan fingerprint density at radius 2 is 1.52 bits per heavy atom. The molecule has 0 amide bonds. The van der Waals surface area contributed by atoms with E-state index in [0.29, 0.717) is 17.2 Å². The van der Waals surface area contributed by atoms with Crippen molar-refractivity contribution in [1.82, 2.24) is 0 Å². The van der Waals surface area contributed by atoms with Crippen LogP contribution in [0.1, 0.15) is 19.4 Å². The molecule has 5 heteroatoms. The molecule has 0 radical (unpaired) electrons. The van der Waals surface area contributed by atoms with Gasteiger partial charge in [0.05, 0.1) is 5.71 Å². The van der Waals surface area contributed by atoms with Crippen LogP contribution in [0.15, 0.2) is 53.7 Å². The number of hydrogen-bond donors (Lipinski definition) is 1. The van der Waals surface area contributed by atoms with Crippen molar-refractivity contribution in [1.29, 1.82) is 0 Å².